The number of benzene rings is 3. The second kappa shape index (κ2) is 11.4. The average molecular weight is 501 g/mol. The minimum atomic E-state index is -3.56. The highest BCUT2D eigenvalue weighted by atomic mass is 35.5. The van der Waals surface area contributed by atoms with Crippen molar-refractivity contribution >= 4 is 33.2 Å². The van der Waals surface area contributed by atoms with E-state index in [1.165, 1.54) is 11.4 Å². The molecule has 6 nitrogen and oxygen atoms in total. The van der Waals surface area contributed by atoms with E-state index in [2.05, 4.69) is 5.32 Å². The monoisotopic (exact) mass is 500 g/mol. The summed E-state index contributed by atoms with van der Waals surface area (Å²) in [5, 5.41) is 3.42. The molecule has 0 radical (unpaired) electrons. The second-order valence-electron chi connectivity index (χ2n) is 8.08. The number of nitrogens with zero attached hydrogens (tertiary/aromatic N) is 1. The van der Waals surface area contributed by atoms with Crippen LogP contribution in [-0.4, -0.2) is 34.2 Å². The number of aryl methyl sites for hydroxylation is 1. The van der Waals surface area contributed by atoms with Gasteiger partial charge in [-0.05, 0) is 42.7 Å². The van der Waals surface area contributed by atoms with E-state index in [0.29, 0.717) is 22.9 Å². The molecule has 0 heterocycles. The van der Waals surface area contributed by atoms with Gasteiger partial charge >= 0.3 is 0 Å². The second-order valence-corrected chi connectivity index (χ2v) is 10.4. The van der Waals surface area contributed by atoms with Crippen molar-refractivity contribution in [1.82, 2.24) is 5.32 Å². The third-order valence-corrected chi connectivity index (χ3v) is 6.93. The van der Waals surface area contributed by atoms with Crippen LogP contribution in [0.15, 0.2) is 72.8 Å². The molecule has 0 aliphatic carbocycles. The van der Waals surface area contributed by atoms with Crippen molar-refractivity contribution < 1.29 is 17.9 Å². The van der Waals surface area contributed by atoms with Crippen LogP contribution in [0.25, 0.3) is 0 Å². The van der Waals surface area contributed by atoms with Gasteiger partial charge in [0.25, 0.3) is 0 Å². The summed E-state index contributed by atoms with van der Waals surface area (Å²) in [6, 6.07) is 22.3. The van der Waals surface area contributed by atoms with Crippen LogP contribution in [0.4, 0.5) is 5.69 Å². The minimum absolute atomic E-state index is 0.148. The Balaban J connectivity index is 1.70. The van der Waals surface area contributed by atoms with E-state index in [-0.39, 0.29) is 24.9 Å². The molecule has 34 heavy (non-hydrogen) atoms. The molecule has 0 aliphatic heterocycles. The Bertz CT molecular complexity index is 1220. The van der Waals surface area contributed by atoms with Crippen molar-refractivity contribution in [2.24, 2.45) is 0 Å². The number of anilines is 1. The predicted molar refractivity (Wildman–Crippen MR) is 137 cm³/mol. The van der Waals surface area contributed by atoms with E-state index < -0.39 is 10.0 Å². The molecule has 3 aromatic carbocycles. The standard InChI is InChI=1S/C26H29ClN2O4S/c1-19-11-13-21(14-12-19)26(20-8-5-4-6-9-20)28-25(30)10-7-17-29(34(3,31)32)22-15-16-24(33-2)23(27)18-22/h4-6,8-9,11-16,18,26H,7,10,17H2,1-3H3,(H,28,30). The quantitative estimate of drug-likeness (QED) is 0.419. The molecule has 1 unspecified atom stereocenters. The number of carbonyl (C=O) groups excluding carboxylic acids is 1. The van der Waals surface area contributed by atoms with E-state index in [0.717, 1.165) is 22.9 Å². The number of hydrogen-bond acceptors (Lipinski definition) is 4. The molecule has 0 saturated carbocycles. The molecule has 0 aliphatic rings. The first kappa shape index (κ1) is 25.6. The van der Waals surface area contributed by atoms with E-state index in [1.54, 1.807) is 18.2 Å². The number of nitrogens with one attached hydrogen (secondary N) is 1. The van der Waals surface area contributed by atoms with Crippen LogP contribution in [0, 0.1) is 6.92 Å². The lowest BCUT2D eigenvalue weighted by Crippen LogP contribution is -2.33. The smallest absolute Gasteiger partial charge is 0.232 e. The lowest BCUT2D eigenvalue weighted by atomic mass is 9.97. The van der Waals surface area contributed by atoms with E-state index in [4.69, 9.17) is 16.3 Å². The third kappa shape index (κ3) is 6.74. The topological polar surface area (TPSA) is 75.7 Å². The van der Waals surface area contributed by atoms with Gasteiger partial charge in [0.15, 0.2) is 0 Å². The van der Waals surface area contributed by atoms with Gasteiger partial charge in [-0.25, -0.2) is 8.42 Å². The zero-order valence-corrected chi connectivity index (χ0v) is 21.1. The third-order valence-electron chi connectivity index (χ3n) is 5.44. The van der Waals surface area contributed by atoms with Crippen molar-refractivity contribution in [1.29, 1.82) is 0 Å². The van der Waals surface area contributed by atoms with Gasteiger partial charge in [0, 0.05) is 13.0 Å². The number of amides is 1. The highest BCUT2D eigenvalue weighted by molar-refractivity contribution is 7.92. The Morgan fingerprint density at radius 3 is 2.26 bits per heavy atom. The summed E-state index contributed by atoms with van der Waals surface area (Å²) in [6.45, 7) is 2.17. The van der Waals surface area contributed by atoms with Crippen molar-refractivity contribution in [2.75, 3.05) is 24.2 Å². The van der Waals surface area contributed by atoms with E-state index in [9.17, 15) is 13.2 Å². The molecule has 3 aromatic rings. The zero-order chi connectivity index (χ0) is 24.7. The van der Waals surface area contributed by atoms with E-state index in [1.807, 2.05) is 61.5 Å². The summed E-state index contributed by atoms with van der Waals surface area (Å²) in [5.74, 6) is 0.303. The van der Waals surface area contributed by atoms with Crippen LogP contribution in [0.2, 0.25) is 5.02 Å². The van der Waals surface area contributed by atoms with Gasteiger partial charge in [0.1, 0.15) is 5.75 Å². The van der Waals surface area contributed by atoms with Gasteiger partial charge in [-0.1, -0.05) is 71.8 Å². The molecule has 8 heteroatoms. The molecule has 0 spiro atoms. The molecule has 0 aromatic heterocycles. The van der Waals surface area contributed by atoms with Crippen molar-refractivity contribution in [3.05, 3.63) is 94.5 Å². The molecule has 0 saturated heterocycles. The fourth-order valence-corrected chi connectivity index (χ4v) is 4.89. The maximum Gasteiger partial charge on any atom is 0.232 e. The van der Waals surface area contributed by atoms with Crippen LogP contribution in [-0.2, 0) is 14.8 Å². The number of halogens is 1. The fraction of sp³-hybridized carbons (Fsp3) is 0.269. The molecular weight excluding hydrogens is 472 g/mol. The zero-order valence-electron chi connectivity index (χ0n) is 19.5. The molecule has 3 rings (SSSR count). The normalized spacial score (nSPS) is 12.1. The average Bonchev–Trinajstić information content (AvgIpc) is 2.81. The maximum atomic E-state index is 12.9. The van der Waals surface area contributed by atoms with Crippen molar-refractivity contribution in [2.45, 2.75) is 25.8 Å². The largest absolute Gasteiger partial charge is 0.495 e. The number of ether oxygens (including phenoxy) is 1. The summed E-state index contributed by atoms with van der Waals surface area (Å²) in [4.78, 5) is 12.9. The number of sulfonamides is 1. The number of rotatable bonds is 10. The number of methoxy groups -OCH3 is 1. The highest BCUT2D eigenvalue weighted by Crippen LogP contribution is 2.30. The lowest BCUT2D eigenvalue weighted by molar-refractivity contribution is -0.121. The van der Waals surface area contributed by atoms with Gasteiger partial charge in [0.05, 0.1) is 30.1 Å². The molecule has 0 bridgehead atoms. The SMILES string of the molecule is COc1ccc(N(CCCC(=O)NC(c2ccccc2)c2ccc(C)cc2)S(C)(=O)=O)cc1Cl. The van der Waals surface area contributed by atoms with Crippen LogP contribution in [0.3, 0.4) is 0 Å². The first-order chi connectivity index (χ1) is 16.2. The molecule has 180 valence electrons. The Kier molecular flexibility index (Phi) is 8.58. The van der Waals surface area contributed by atoms with Crippen LogP contribution >= 0.6 is 11.6 Å². The summed E-state index contributed by atoms with van der Waals surface area (Å²) in [6.07, 6.45) is 1.65. The molecule has 1 N–H and O–H groups in total. The van der Waals surface area contributed by atoms with Crippen LogP contribution in [0.1, 0.15) is 35.6 Å². The molecule has 1 atom stereocenters. The maximum absolute atomic E-state index is 12.9. The Labute approximate surface area is 206 Å². The van der Waals surface area contributed by atoms with Gasteiger partial charge < -0.3 is 10.1 Å². The Morgan fingerprint density at radius 1 is 1.03 bits per heavy atom. The van der Waals surface area contributed by atoms with Gasteiger partial charge in [-0.3, -0.25) is 9.10 Å². The predicted octanol–water partition coefficient (Wildman–Crippen LogP) is 5.11. The minimum Gasteiger partial charge on any atom is -0.495 e. The Hall–Kier alpha value is -3.03. The lowest BCUT2D eigenvalue weighted by Gasteiger charge is -2.23. The van der Waals surface area contributed by atoms with Crippen molar-refractivity contribution in [3.8, 4) is 5.75 Å². The fourth-order valence-electron chi connectivity index (χ4n) is 3.68. The first-order valence-corrected chi connectivity index (χ1v) is 13.1. The van der Waals surface area contributed by atoms with Crippen LogP contribution in [0.5, 0.6) is 5.75 Å². The molecule has 1 amide bonds. The first-order valence-electron chi connectivity index (χ1n) is 10.9. The summed E-state index contributed by atoms with van der Waals surface area (Å²) in [7, 11) is -2.07. The van der Waals surface area contributed by atoms with Crippen molar-refractivity contribution in [3.63, 3.8) is 0 Å². The summed E-state index contributed by atoms with van der Waals surface area (Å²) < 4.78 is 31.2. The summed E-state index contributed by atoms with van der Waals surface area (Å²) in [5.41, 5.74) is 3.53. The van der Waals surface area contributed by atoms with Gasteiger partial charge in [0.2, 0.25) is 15.9 Å². The van der Waals surface area contributed by atoms with E-state index >= 15 is 0 Å². The summed E-state index contributed by atoms with van der Waals surface area (Å²) >= 11 is 6.18. The number of hydrogen-bond donors (Lipinski definition) is 1. The Morgan fingerprint density at radius 2 is 1.68 bits per heavy atom. The number of carbonyl (C=O) groups is 1. The van der Waals surface area contributed by atoms with Gasteiger partial charge in [-0.2, -0.15) is 0 Å². The molecule has 0 fully saturated rings. The highest BCUT2D eigenvalue weighted by Gasteiger charge is 2.20. The van der Waals surface area contributed by atoms with Gasteiger partial charge in [-0.15, -0.1) is 0 Å². The molecular formula is C26H29ClN2O4S. The van der Waals surface area contributed by atoms with Crippen LogP contribution < -0.4 is 14.4 Å².